The van der Waals surface area contributed by atoms with Crippen LogP contribution in [-0.4, -0.2) is 25.9 Å². The first kappa shape index (κ1) is 28.2. The van der Waals surface area contributed by atoms with Crippen LogP contribution in [0.15, 0.2) is 88.7 Å². The Labute approximate surface area is 259 Å². The van der Waals surface area contributed by atoms with Gasteiger partial charge in [-0.2, -0.15) is 16.8 Å². The van der Waals surface area contributed by atoms with Crippen LogP contribution >= 0.6 is 7.92 Å². The van der Waals surface area contributed by atoms with Crippen LogP contribution in [0, 0.1) is 0 Å². The number of benzene rings is 3. The number of rotatable bonds is 5. The standard InChI is InChI=1S/C18H15O6PS2.2K.2H/c19-26(20,21)17-12-6-4-10-15(17)25(14-8-2-1-3-9-14)16-11-5-7-13-18(16)27(22,23)24;;;;/h1-13H,(H,19,20,21)(H,22,23,24);;;;/q;2*+1;2*-1. The van der Waals surface area contributed by atoms with E-state index in [-0.39, 0.29) is 126 Å². The van der Waals surface area contributed by atoms with Crippen molar-refractivity contribution >= 4 is 44.1 Å². The van der Waals surface area contributed by atoms with Crippen LogP contribution in [0.25, 0.3) is 0 Å². The summed E-state index contributed by atoms with van der Waals surface area (Å²) in [5.41, 5.74) is 0. The summed E-state index contributed by atoms with van der Waals surface area (Å²) in [4.78, 5) is -0.602. The first-order chi connectivity index (χ1) is 12.7. The minimum absolute atomic E-state index is 0. The monoisotopic (exact) mass is 502 g/mol. The van der Waals surface area contributed by atoms with Crippen molar-refractivity contribution in [3.05, 3.63) is 78.9 Å². The summed E-state index contributed by atoms with van der Waals surface area (Å²) in [7, 11) is -10.8. The molecule has 2 N–H and O–H groups in total. The summed E-state index contributed by atoms with van der Waals surface area (Å²) in [6.07, 6.45) is 0. The quantitative estimate of drug-likeness (QED) is 0.210. The average Bonchev–Trinajstić information content (AvgIpc) is 2.62. The molecule has 0 aromatic heterocycles. The van der Waals surface area contributed by atoms with Gasteiger partial charge in [0, 0.05) is 10.6 Å². The fourth-order valence-corrected chi connectivity index (χ4v) is 7.46. The van der Waals surface area contributed by atoms with Crippen molar-refractivity contribution in [3.8, 4) is 0 Å². The molecule has 0 unspecified atom stereocenters. The molecule has 0 radical (unpaired) electrons. The van der Waals surface area contributed by atoms with Gasteiger partial charge < -0.3 is 2.85 Å². The van der Waals surface area contributed by atoms with Crippen molar-refractivity contribution in [1.29, 1.82) is 0 Å². The second-order valence-corrected chi connectivity index (χ2v) is 10.5. The zero-order chi connectivity index (χ0) is 19.7. The first-order valence-corrected chi connectivity index (χ1v) is 11.9. The Bertz CT molecular complexity index is 1120. The molecule has 144 valence electrons. The van der Waals surface area contributed by atoms with Crippen LogP contribution in [0.4, 0.5) is 0 Å². The van der Waals surface area contributed by atoms with Gasteiger partial charge >= 0.3 is 103 Å². The van der Waals surface area contributed by atoms with E-state index in [1.54, 1.807) is 42.5 Å². The van der Waals surface area contributed by atoms with Gasteiger partial charge in [0.25, 0.3) is 20.2 Å². The van der Waals surface area contributed by atoms with Crippen molar-refractivity contribution in [2.45, 2.75) is 9.79 Å². The molecule has 0 heterocycles. The second kappa shape index (κ2) is 11.9. The van der Waals surface area contributed by atoms with Gasteiger partial charge in [-0.3, -0.25) is 9.11 Å². The van der Waals surface area contributed by atoms with Crippen molar-refractivity contribution < 1.29 is 132 Å². The SMILES string of the molecule is O=S(=O)(O)c1ccccc1P(c1ccccc1)c1ccccc1S(=O)(=O)O.[H-].[H-].[K+].[K+]. The van der Waals surface area contributed by atoms with Crippen LogP contribution in [0.5, 0.6) is 0 Å². The van der Waals surface area contributed by atoms with Gasteiger partial charge in [-0.25, -0.2) is 0 Å². The van der Waals surface area contributed by atoms with Gasteiger partial charge in [-0.1, -0.05) is 66.7 Å². The second-order valence-electron chi connectivity index (χ2n) is 5.56. The third-order valence-electron chi connectivity index (χ3n) is 3.78. The molecule has 6 nitrogen and oxygen atoms in total. The third kappa shape index (κ3) is 7.08. The smallest absolute Gasteiger partial charge is 1.00 e. The molecule has 0 amide bonds. The molecule has 0 aliphatic rings. The largest absolute Gasteiger partial charge is 1.00 e. The van der Waals surface area contributed by atoms with Crippen LogP contribution in [-0.2, 0) is 20.2 Å². The third-order valence-corrected chi connectivity index (χ3v) is 8.47. The van der Waals surface area contributed by atoms with E-state index in [0.29, 0.717) is 5.30 Å². The molecular weight excluding hydrogens is 485 g/mol. The molecule has 29 heavy (non-hydrogen) atoms. The molecule has 0 atom stereocenters. The van der Waals surface area contributed by atoms with E-state index in [4.69, 9.17) is 0 Å². The Kier molecular flexibility index (Phi) is 11.6. The van der Waals surface area contributed by atoms with Crippen LogP contribution in [0.3, 0.4) is 0 Å². The van der Waals surface area contributed by atoms with E-state index in [0.717, 1.165) is 0 Å². The predicted octanol–water partition coefficient (Wildman–Crippen LogP) is -3.83. The maximum absolute atomic E-state index is 11.9. The fraction of sp³-hybridized carbons (Fsp3) is 0. The van der Waals surface area contributed by atoms with Crippen molar-refractivity contribution in [3.63, 3.8) is 0 Å². The van der Waals surface area contributed by atoms with Crippen LogP contribution < -0.4 is 119 Å². The van der Waals surface area contributed by atoms with E-state index >= 15 is 0 Å². The molecule has 0 spiro atoms. The minimum Gasteiger partial charge on any atom is -1.00 e. The molecule has 3 aromatic rings. The van der Waals surface area contributed by atoms with Crippen molar-refractivity contribution in [2.24, 2.45) is 0 Å². The van der Waals surface area contributed by atoms with Crippen LogP contribution in [0.1, 0.15) is 2.85 Å². The Morgan fingerprint density at radius 1 is 0.586 bits per heavy atom. The molecule has 0 saturated heterocycles. The average molecular weight is 503 g/mol. The normalized spacial score (nSPS) is 11.4. The molecule has 11 heteroatoms. The van der Waals surface area contributed by atoms with Gasteiger partial charge in [0.15, 0.2) is 0 Å². The number of hydrogen-bond acceptors (Lipinski definition) is 4. The van der Waals surface area contributed by atoms with E-state index < -0.39 is 28.2 Å². The Morgan fingerprint density at radius 2 is 0.931 bits per heavy atom. The molecule has 0 aliphatic carbocycles. The first-order valence-electron chi connectivity index (χ1n) is 7.68. The maximum atomic E-state index is 11.9. The topological polar surface area (TPSA) is 109 Å². The van der Waals surface area contributed by atoms with E-state index in [1.165, 1.54) is 36.4 Å². The molecule has 0 aliphatic heterocycles. The molecule has 0 bridgehead atoms. The van der Waals surface area contributed by atoms with Gasteiger partial charge in [0.2, 0.25) is 0 Å². The van der Waals surface area contributed by atoms with Crippen molar-refractivity contribution in [1.82, 2.24) is 0 Å². The summed E-state index contributed by atoms with van der Waals surface area (Å²) >= 11 is 0. The Balaban J connectivity index is 0. The zero-order valence-electron chi connectivity index (χ0n) is 17.8. The summed E-state index contributed by atoms with van der Waals surface area (Å²) in [5, 5.41) is 1.19. The predicted molar refractivity (Wildman–Crippen MR) is 107 cm³/mol. The summed E-state index contributed by atoms with van der Waals surface area (Å²) in [5.74, 6) is 0. The van der Waals surface area contributed by atoms with E-state index in [9.17, 15) is 25.9 Å². The molecule has 0 fully saturated rings. The fourth-order valence-electron chi connectivity index (χ4n) is 2.71. The van der Waals surface area contributed by atoms with Gasteiger partial charge in [-0.15, -0.1) is 0 Å². The molecule has 3 aromatic carbocycles. The van der Waals surface area contributed by atoms with Gasteiger partial charge in [0.05, 0.1) is 0 Å². The zero-order valence-corrected chi connectivity index (χ0v) is 24.6. The summed E-state index contributed by atoms with van der Waals surface area (Å²) in [6, 6.07) is 20.5. The molecule has 3 rings (SSSR count). The maximum Gasteiger partial charge on any atom is 1.00 e. The van der Waals surface area contributed by atoms with E-state index in [1.807, 2.05) is 0 Å². The van der Waals surface area contributed by atoms with Gasteiger partial charge in [-0.05, 0) is 25.4 Å². The van der Waals surface area contributed by atoms with Crippen LogP contribution in [0.2, 0.25) is 0 Å². The van der Waals surface area contributed by atoms with E-state index in [2.05, 4.69) is 0 Å². The molecule has 0 saturated carbocycles. The minimum atomic E-state index is -4.54. The summed E-state index contributed by atoms with van der Waals surface area (Å²) < 4.78 is 66.9. The molecular formula is C18H17K2O6PS2. The van der Waals surface area contributed by atoms with Gasteiger partial charge in [0.1, 0.15) is 9.79 Å². The Hall–Kier alpha value is 1.18. The Morgan fingerprint density at radius 3 is 1.31 bits per heavy atom. The van der Waals surface area contributed by atoms with Crippen molar-refractivity contribution in [2.75, 3.05) is 0 Å². The number of hydrogen-bond donors (Lipinski definition) is 2. The summed E-state index contributed by atoms with van der Waals surface area (Å²) in [6.45, 7) is 0.